The molecule has 0 saturated carbocycles. The molecule has 4 aromatic rings. The van der Waals surface area contributed by atoms with Crippen LogP contribution in [0.3, 0.4) is 0 Å². The van der Waals surface area contributed by atoms with Crippen LogP contribution in [0.15, 0.2) is 97.1 Å². The molecule has 0 spiro atoms. The molecule has 0 fully saturated rings. The Hall–Kier alpha value is -3.12. The molecule has 0 radical (unpaired) electrons. The largest absolute Gasteiger partial charge is 0.0617 e. The van der Waals surface area contributed by atoms with E-state index in [1.807, 2.05) is 0 Å². The van der Waals surface area contributed by atoms with Crippen LogP contribution < -0.4 is 0 Å². The normalized spacial score (nSPS) is 9.25. The van der Waals surface area contributed by atoms with Crippen LogP contribution in [-0.4, -0.2) is 0 Å². The summed E-state index contributed by atoms with van der Waals surface area (Å²) in [5, 5.41) is 0. The quantitative estimate of drug-likeness (QED) is 0.264. The van der Waals surface area contributed by atoms with Crippen LogP contribution in [0, 0.1) is 55.4 Å². The van der Waals surface area contributed by atoms with Gasteiger partial charge >= 0.3 is 0 Å². The van der Waals surface area contributed by atoms with Crippen molar-refractivity contribution in [1.82, 2.24) is 0 Å². The minimum Gasteiger partial charge on any atom is -0.0617 e. The molecule has 4 aromatic carbocycles. The van der Waals surface area contributed by atoms with E-state index in [0.29, 0.717) is 0 Å². The number of hydrogen-bond donors (Lipinski definition) is 0. The third-order valence-electron chi connectivity index (χ3n) is 4.74. The van der Waals surface area contributed by atoms with E-state index < -0.39 is 0 Å². The number of aryl methyl sites for hydroxylation is 8. The van der Waals surface area contributed by atoms with E-state index in [9.17, 15) is 0 Å². The van der Waals surface area contributed by atoms with E-state index in [4.69, 9.17) is 0 Å². The van der Waals surface area contributed by atoms with E-state index in [1.54, 1.807) is 0 Å². The van der Waals surface area contributed by atoms with Gasteiger partial charge in [0.1, 0.15) is 0 Å². The fourth-order valence-corrected chi connectivity index (χ4v) is 3.06. The molecule has 0 nitrogen and oxygen atoms in total. The molecule has 32 heavy (non-hydrogen) atoms. The molecule has 0 saturated heterocycles. The highest BCUT2D eigenvalue weighted by Gasteiger charge is 1.82. The zero-order valence-corrected chi connectivity index (χ0v) is 21.2. The van der Waals surface area contributed by atoms with Gasteiger partial charge in [-0.1, -0.05) is 142 Å². The van der Waals surface area contributed by atoms with Crippen molar-refractivity contribution in [3.8, 4) is 0 Å². The lowest BCUT2D eigenvalue weighted by molar-refractivity contribution is 1.39. The highest BCUT2D eigenvalue weighted by atomic mass is 13.9. The Morgan fingerprint density at radius 1 is 0.250 bits per heavy atom. The number of benzene rings is 4. The maximum absolute atomic E-state index is 2.17. The van der Waals surface area contributed by atoms with Crippen molar-refractivity contribution in [1.29, 1.82) is 0 Å². The SMILES string of the molecule is Cc1ccc(C)cc1.Cc1cccc(C)c1.Cc1cccc(C)c1.Cc1cccc(C)c1. The monoisotopic (exact) mass is 424 g/mol. The molecule has 0 atom stereocenters. The predicted octanol–water partition coefficient (Wildman–Crippen LogP) is 9.21. The molecular weight excluding hydrogens is 384 g/mol. The highest BCUT2D eigenvalue weighted by Crippen LogP contribution is 2.02. The Morgan fingerprint density at radius 3 is 0.562 bits per heavy atom. The lowest BCUT2D eigenvalue weighted by Gasteiger charge is -1.90. The lowest BCUT2D eigenvalue weighted by atomic mass is 10.2. The number of rotatable bonds is 0. The van der Waals surface area contributed by atoms with Gasteiger partial charge in [-0.2, -0.15) is 0 Å². The summed E-state index contributed by atoms with van der Waals surface area (Å²) >= 11 is 0. The molecule has 168 valence electrons. The van der Waals surface area contributed by atoms with E-state index in [1.165, 1.54) is 44.5 Å². The van der Waals surface area contributed by atoms with Gasteiger partial charge in [-0.25, -0.2) is 0 Å². The van der Waals surface area contributed by atoms with Gasteiger partial charge in [-0.05, 0) is 55.4 Å². The highest BCUT2D eigenvalue weighted by molar-refractivity contribution is 5.22. The summed E-state index contributed by atoms with van der Waals surface area (Å²) in [5.41, 5.74) is 10.7. The minimum atomic E-state index is 1.33. The van der Waals surface area contributed by atoms with Crippen molar-refractivity contribution in [2.45, 2.75) is 55.4 Å². The second-order valence-electron chi connectivity index (χ2n) is 8.63. The zero-order chi connectivity index (χ0) is 23.9. The zero-order valence-electron chi connectivity index (χ0n) is 21.2. The molecule has 4 rings (SSSR count). The van der Waals surface area contributed by atoms with Crippen LogP contribution in [0.25, 0.3) is 0 Å². The van der Waals surface area contributed by atoms with Crippen LogP contribution in [0.1, 0.15) is 44.5 Å². The minimum absolute atomic E-state index is 1.33. The molecule has 0 aromatic heterocycles. The van der Waals surface area contributed by atoms with Crippen molar-refractivity contribution in [3.05, 3.63) is 142 Å². The van der Waals surface area contributed by atoms with Gasteiger partial charge < -0.3 is 0 Å². The van der Waals surface area contributed by atoms with Crippen molar-refractivity contribution in [3.63, 3.8) is 0 Å². The van der Waals surface area contributed by atoms with Crippen molar-refractivity contribution in [2.75, 3.05) is 0 Å². The summed E-state index contributed by atoms with van der Waals surface area (Å²) in [6.07, 6.45) is 0. The Labute approximate surface area is 197 Å². The first-order chi connectivity index (χ1) is 15.2. The van der Waals surface area contributed by atoms with Gasteiger partial charge in [-0.15, -0.1) is 0 Å². The summed E-state index contributed by atoms with van der Waals surface area (Å²) in [6.45, 7) is 16.8. The van der Waals surface area contributed by atoms with E-state index in [-0.39, 0.29) is 0 Å². The fourth-order valence-electron chi connectivity index (χ4n) is 3.06. The van der Waals surface area contributed by atoms with Crippen molar-refractivity contribution < 1.29 is 0 Å². The molecule has 0 heterocycles. The van der Waals surface area contributed by atoms with Crippen LogP contribution in [0.5, 0.6) is 0 Å². The summed E-state index contributed by atoms with van der Waals surface area (Å²) in [4.78, 5) is 0. The standard InChI is InChI=1S/4C8H10/c1-7-3-5-8(2)6-4-7;3*1-7-4-3-5-8(2)6-7/h4*3-6H,1-2H3. The smallest absolute Gasteiger partial charge is 0.0398 e. The molecule has 0 bridgehead atoms. The third kappa shape index (κ3) is 13.2. The van der Waals surface area contributed by atoms with Gasteiger partial charge in [0, 0.05) is 0 Å². The maximum atomic E-state index is 2.17. The first kappa shape index (κ1) is 26.9. The molecule has 0 N–H and O–H groups in total. The first-order valence-electron chi connectivity index (χ1n) is 11.3. The predicted molar refractivity (Wildman–Crippen MR) is 144 cm³/mol. The Bertz CT molecular complexity index is 863. The van der Waals surface area contributed by atoms with Gasteiger partial charge in [-0.3, -0.25) is 0 Å². The van der Waals surface area contributed by atoms with Crippen LogP contribution >= 0.6 is 0 Å². The van der Waals surface area contributed by atoms with Crippen LogP contribution in [0.2, 0.25) is 0 Å². The fraction of sp³-hybridized carbons (Fsp3) is 0.250. The van der Waals surface area contributed by atoms with E-state index in [2.05, 4.69) is 152 Å². The van der Waals surface area contributed by atoms with Gasteiger partial charge in [0.2, 0.25) is 0 Å². The average molecular weight is 425 g/mol. The Morgan fingerprint density at radius 2 is 0.438 bits per heavy atom. The molecule has 0 heteroatoms. The average Bonchev–Trinajstić information content (AvgIpc) is 2.71. The molecule has 0 aliphatic carbocycles. The molecule has 0 aliphatic heterocycles. The van der Waals surface area contributed by atoms with Crippen LogP contribution in [0.4, 0.5) is 0 Å². The summed E-state index contributed by atoms with van der Waals surface area (Å²) in [7, 11) is 0. The second kappa shape index (κ2) is 14.8. The third-order valence-corrected chi connectivity index (χ3v) is 4.74. The van der Waals surface area contributed by atoms with Gasteiger partial charge in [0.25, 0.3) is 0 Å². The molecule has 0 aliphatic rings. The van der Waals surface area contributed by atoms with Gasteiger partial charge in [0.05, 0.1) is 0 Å². The topological polar surface area (TPSA) is 0 Å². The van der Waals surface area contributed by atoms with E-state index >= 15 is 0 Å². The maximum Gasteiger partial charge on any atom is -0.0398 e. The Kier molecular flexibility index (Phi) is 12.5. The molecular formula is C32H40. The number of hydrogen-bond acceptors (Lipinski definition) is 0. The second-order valence-corrected chi connectivity index (χ2v) is 8.63. The van der Waals surface area contributed by atoms with Crippen molar-refractivity contribution >= 4 is 0 Å². The first-order valence-corrected chi connectivity index (χ1v) is 11.3. The summed E-state index contributed by atoms with van der Waals surface area (Å²) in [6, 6.07) is 33.8. The summed E-state index contributed by atoms with van der Waals surface area (Å²) in [5.74, 6) is 0. The summed E-state index contributed by atoms with van der Waals surface area (Å²) < 4.78 is 0. The van der Waals surface area contributed by atoms with Crippen LogP contribution in [-0.2, 0) is 0 Å². The Balaban J connectivity index is 0.000000213. The molecule has 0 amide bonds. The van der Waals surface area contributed by atoms with E-state index in [0.717, 1.165) is 0 Å². The molecule has 0 unspecified atom stereocenters. The lowest BCUT2D eigenvalue weighted by Crippen LogP contribution is -1.71. The van der Waals surface area contributed by atoms with Crippen molar-refractivity contribution in [2.24, 2.45) is 0 Å². The van der Waals surface area contributed by atoms with Gasteiger partial charge in [0.15, 0.2) is 0 Å².